The fraction of sp³-hybridized carbons (Fsp3) is 0.462. The third-order valence-corrected chi connectivity index (χ3v) is 3.10. The summed E-state index contributed by atoms with van der Waals surface area (Å²) in [7, 11) is 0. The van der Waals surface area contributed by atoms with Crippen molar-refractivity contribution >= 4 is 5.91 Å². The van der Waals surface area contributed by atoms with Gasteiger partial charge in [0.2, 0.25) is 5.91 Å². The van der Waals surface area contributed by atoms with Gasteiger partial charge in [-0.15, -0.1) is 0 Å². The van der Waals surface area contributed by atoms with Crippen LogP contribution in [0.5, 0.6) is 0 Å². The van der Waals surface area contributed by atoms with E-state index in [2.05, 4.69) is 10.6 Å². The van der Waals surface area contributed by atoms with Gasteiger partial charge in [-0.1, -0.05) is 6.07 Å². The molecular formula is C13H17FN2O. The summed E-state index contributed by atoms with van der Waals surface area (Å²) in [5.41, 5.74) is 2.05. The smallest absolute Gasteiger partial charge is 0.220 e. The molecule has 0 bridgehead atoms. The van der Waals surface area contributed by atoms with Crippen LogP contribution in [0.2, 0.25) is 0 Å². The molecule has 1 amide bonds. The molecule has 0 radical (unpaired) electrons. The Kier molecular flexibility index (Phi) is 3.74. The highest BCUT2D eigenvalue weighted by atomic mass is 19.1. The number of amides is 1. The molecule has 0 spiro atoms. The number of aryl methyl sites for hydroxylation is 1. The summed E-state index contributed by atoms with van der Waals surface area (Å²) in [5, 5.41) is 6.19. The van der Waals surface area contributed by atoms with Crippen LogP contribution in [-0.2, 0) is 11.3 Å². The van der Waals surface area contributed by atoms with Gasteiger partial charge < -0.3 is 10.6 Å². The Morgan fingerprint density at radius 2 is 2.35 bits per heavy atom. The third-order valence-electron chi connectivity index (χ3n) is 3.10. The van der Waals surface area contributed by atoms with Crippen molar-refractivity contribution in [2.75, 3.05) is 6.54 Å². The molecule has 1 atom stereocenters. The standard InChI is InChI=1S/C13H17FN2O/c1-9-6-11(14)3-2-10(9)7-15-8-12-4-5-13(17)16-12/h2-3,6,12,15H,4-5,7-8H2,1H3,(H,16,17). The average molecular weight is 236 g/mol. The second-order valence-electron chi connectivity index (χ2n) is 4.50. The first kappa shape index (κ1) is 12.0. The van der Waals surface area contributed by atoms with Gasteiger partial charge in [-0.25, -0.2) is 4.39 Å². The van der Waals surface area contributed by atoms with Crippen molar-refractivity contribution in [2.45, 2.75) is 32.4 Å². The molecule has 1 unspecified atom stereocenters. The molecule has 1 aliphatic rings. The van der Waals surface area contributed by atoms with Crippen LogP contribution >= 0.6 is 0 Å². The zero-order valence-electron chi connectivity index (χ0n) is 9.92. The molecule has 1 aliphatic heterocycles. The molecule has 1 aromatic carbocycles. The second kappa shape index (κ2) is 5.27. The summed E-state index contributed by atoms with van der Waals surface area (Å²) in [4.78, 5) is 11.0. The summed E-state index contributed by atoms with van der Waals surface area (Å²) in [6, 6.07) is 5.05. The van der Waals surface area contributed by atoms with Crippen LogP contribution in [0.1, 0.15) is 24.0 Å². The summed E-state index contributed by atoms with van der Waals surface area (Å²) in [5.74, 6) is -0.0657. The lowest BCUT2D eigenvalue weighted by Crippen LogP contribution is -2.35. The second-order valence-corrected chi connectivity index (χ2v) is 4.50. The van der Waals surface area contributed by atoms with E-state index in [-0.39, 0.29) is 17.8 Å². The molecular weight excluding hydrogens is 219 g/mol. The van der Waals surface area contributed by atoms with E-state index in [1.165, 1.54) is 12.1 Å². The van der Waals surface area contributed by atoms with Crippen LogP contribution < -0.4 is 10.6 Å². The molecule has 0 aliphatic carbocycles. The number of hydrogen-bond donors (Lipinski definition) is 2. The van der Waals surface area contributed by atoms with Gasteiger partial charge >= 0.3 is 0 Å². The molecule has 3 nitrogen and oxygen atoms in total. The molecule has 2 rings (SSSR count). The van der Waals surface area contributed by atoms with Crippen molar-refractivity contribution in [3.05, 3.63) is 35.1 Å². The minimum Gasteiger partial charge on any atom is -0.352 e. The largest absolute Gasteiger partial charge is 0.352 e. The SMILES string of the molecule is Cc1cc(F)ccc1CNCC1CCC(=O)N1. The number of halogens is 1. The van der Waals surface area contributed by atoms with E-state index in [0.717, 1.165) is 24.1 Å². The highest BCUT2D eigenvalue weighted by Gasteiger charge is 2.19. The molecule has 2 N–H and O–H groups in total. The van der Waals surface area contributed by atoms with E-state index >= 15 is 0 Å². The van der Waals surface area contributed by atoms with Crippen LogP contribution in [0.25, 0.3) is 0 Å². The Balaban J connectivity index is 1.80. The van der Waals surface area contributed by atoms with Gasteiger partial charge in [0.15, 0.2) is 0 Å². The quantitative estimate of drug-likeness (QED) is 0.832. The van der Waals surface area contributed by atoms with Gasteiger partial charge in [0.25, 0.3) is 0 Å². The highest BCUT2D eigenvalue weighted by Crippen LogP contribution is 2.10. The molecule has 1 fully saturated rings. The van der Waals surface area contributed by atoms with Crippen molar-refractivity contribution < 1.29 is 9.18 Å². The fourth-order valence-electron chi connectivity index (χ4n) is 2.07. The minimum atomic E-state index is -0.200. The number of hydrogen-bond acceptors (Lipinski definition) is 2. The Morgan fingerprint density at radius 3 is 3.00 bits per heavy atom. The molecule has 1 saturated heterocycles. The first-order valence-electron chi connectivity index (χ1n) is 5.90. The van der Waals surface area contributed by atoms with E-state index in [1.54, 1.807) is 6.07 Å². The molecule has 0 saturated carbocycles. The average Bonchev–Trinajstić information content (AvgIpc) is 2.68. The van der Waals surface area contributed by atoms with Crippen LogP contribution in [0.15, 0.2) is 18.2 Å². The Bertz CT molecular complexity index is 420. The van der Waals surface area contributed by atoms with Crippen LogP contribution in [0.3, 0.4) is 0 Å². The summed E-state index contributed by atoms with van der Waals surface area (Å²) < 4.78 is 12.9. The maximum absolute atomic E-state index is 12.9. The molecule has 1 aromatic rings. The number of carbonyl (C=O) groups is 1. The molecule has 17 heavy (non-hydrogen) atoms. The van der Waals surface area contributed by atoms with Crippen LogP contribution in [-0.4, -0.2) is 18.5 Å². The van der Waals surface area contributed by atoms with Crippen molar-refractivity contribution in [1.82, 2.24) is 10.6 Å². The third kappa shape index (κ3) is 3.27. The van der Waals surface area contributed by atoms with Crippen molar-refractivity contribution in [3.8, 4) is 0 Å². The first-order valence-corrected chi connectivity index (χ1v) is 5.90. The molecule has 1 heterocycles. The van der Waals surface area contributed by atoms with Gasteiger partial charge in [-0.3, -0.25) is 4.79 Å². The van der Waals surface area contributed by atoms with Gasteiger partial charge in [-0.05, 0) is 36.6 Å². The van der Waals surface area contributed by atoms with Gasteiger partial charge in [-0.2, -0.15) is 0 Å². The summed E-state index contributed by atoms with van der Waals surface area (Å²) in [6.45, 7) is 3.37. The number of rotatable bonds is 4. The minimum absolute atomic E-state index is 0.134. The predicted molar refractivity (Wildman–Crippen MR) is 64.0 cm³/mol. The normalized spacial score (nSPS) is 19.4. The monoisotopic (exact) mass is 236 g/mol. The van der Waals surface area contributed by atoms with Gasteiger partial charge in [0, 0.05) is 25.6 Å². The lowest BCUT2D eigenvalue weighted by molar-refractivity contribution is -0.119. The van der Waals surface area contributed by atoms with E-state index in [1.807, 2.05) is 6.92 Å². The summed E-state index contributed by atoms with van der Waals surface area (Å²) in [6.07, 6.45) is 1.52. The Hall–Kier alpha value is -1.42. The maximum Gasteiger partial charge on any atom is 0.220 e. The lowest BCUT2D eigenvalue weighted by atomic mass is 10.1. The lowest BCUT2D eigenvalue weighted by Gasteiger charge is -2.12. The maximum atomic E-state index is 12.9. The number of benzene rings is 1. The van der Waals surface area contributed by atoms with Crippen molar-refractivity contribution in [1.29, 1.82) is 0 Å². The topological polar surface area (TPSA) is 41.1 Å². The van der Waals surface area contributed by atoms with Crippen molar-refractivity contribution in [3.63, 3.8) is 0 Å². The number of carbonyl (C=O) groups excluding carboxylic acids is 1. The van der Waals surface area contributed by atoms with Gasteiger partial charge in [0.1, 0.15) is 5.82 Å². The predicted octanol–water partition coefficient (Wildman–Crippen LogP) is 1.50. The van der Waals surface area contributed by atoms with Gasteiger partial charge in [0.05, 0.1) is 0 Å². The molecule has 92 valence electrons. The van der Waals surface area contributed by atoms with E-state index in [9.17, 15) is 9.18 Å². The zero-order chi connectivity index (χ0) is 12.3. The van der Waals surface area contributed by atoms with Crippen LogP contribution in [0, 0.1) is 12.7 Å². The zero-order valence-corrected chi connectivity index (χ0v) is 9.92. The van der Waals surface area contributed by atoms with Crippen molar-refractivity contribution in [2.24, 2.45) is 0 Å². The van der Waals surface area contributed by atoms with E-state index in [0.29, 0.717) is 13.0 Å². The van der Waals surface area contributed by atoms with E-state index in [4.69, 9.17) is 0 Å². The Labute approximate surface area is 100 Å². The number of nitrogens with one attached hydrogen (secondary N) is 2. The van der Waals surface area contributed by atoms with Crippen LogP contribution in [0.4, 0.5) is 4.39 Å². The molecule has 4 heteroatoms. The van der Waals surface area contributed by atoms with E-state index < -0.39 is 0 Å². The fourth-order valence-corrected chi connectivity index (χ4v) is 2.07. The summed E-state index contributed by atoms with van der Waals surface area (Å²) >= 11 is 0. The Morgan fingerprint density at radius 1 is 1.53 bits per heavy atom. The highest BCUT2D eigenvalue weighted by molar-refractivity contribution is 5.78. The molecule has 0 aromatic heterocycles. The first-order chi connectivity index (χ1) is 8.15.